The Hall–Kier alpha value is -18.8. The summed E-state index contributed by atoms with van der Waals surface area (Å²) in [5, 5.41) is 19.3. The number of aromatic nitrogens is 6. The van der Waals surface area contributed by atoms with Crippen molar-refractivity contribution < 1.29 is 8.83 Å². The Morgan fingerprint density at radius 3 is 0.643 bits per heavy atom. The van der Waals surface area contributed by atoms with E-state index in [4.69, 9.17) is 8.83 Å². The maximum Gasteiger partial charge on any atom is 0.143 e. The Kier molecular flexibility index (Phi) is 17.7. The van der Waals surface area contributed by atoms with Gasteiger partial charge in [0.2, 0.25) is 0 Å². The first-order valence-corrected chi connectivity index (χ1v) is 48.0. The molecule has 0 amide bonds. The minimum atomic E-state index is 0.906. The molecular formula is C132H82N6O2. The van der Waals surface area contributed by atoms with E-state index in [1.807, 2.05) is 24.3 Å². The van der Waals surface area contributed by atoms with Crippen molar-refractivity contribution in [2.24, 2.45) is 0 Å². The molecule has 22 aromatic carbocycles. The summed E-state index contributed by atoms with van der Waals surface area (Å²) < 4.78 is 27.0. The summed E-state index contributed by atoms with van der Waals surface area (Å²) in [6.07, 6.45) is 0. The molecule has 652 valence electrons. The van der Waals surface area contributed by atoms with Crippen molar-refractivity contribution in [3.8, 4) is 101 Å². The van der Waals surface area contributed by atoms with Gasteiger partial charge in [-0.25, -0.2) is 0 Å². The van der Waals surface area contributed by atoms with E-state index in [0.717, 1.165) is 122 Å². The van der Waals surface area contributed by atoms with E-state index in [1.54, 1.807) is 0 Å². The van der Waals surface area contributed by atoms with Crippen molar-refractivity contribution in [3.63, 3.8) is 0 Å². The largest absolute Gasteiger partial charge is 0.456 e. The quantitative estimate of drug-likeness (QED) is 0.122. The van der Waals surface area contributed by atoms with Crippen LogP contribution >= 0.6 is 0 Å². The molecule has 0 aliphatic rings. The molecule has 0 atom stereocenters. The first kappa shape index (κ1) is 78.7. The SMILES string of the molecule is c1ccc(-n2c3ccccc3c3cc(-c4ccc5c(c4)c4cc(-c6ccc7c(c6)c6ccccc6n7-c6ccccc6)ccc4n5-c4ccc(-c5ccc6oc7ccccc7c6c5)cc4)ccc32)cc1.c1ccc(-n2c3ccccc3c3cc(-c4ccc5c(c4)c4cc(-c6ccc7c(c6)c6ccccc6n7-c6ccccc6)ccc4n5-c4ccc(-c5cccc6c5oc5ccccc56)cc4)ccc32)cc1. The normalized spacial score (nSPS) is 12.0. The summed E-state index contributed by atoms with van der Waals surface area (Å²) >= 11 is 0. The van der Waals surface area contributed by atoms with Crippen molar-refractivity contribution >= 4 is 175 Å². The van der Waals surface area contributed by atoms with E-state index in [2.05, 4.69) is 501 Å². The second kappa shape index (κ2) is 31.4. The van der Waals surface area contributed by atoms with E-state index < -0.39 is 0 Å². The highest BCUT2D eigenvalue weighted by Crippen LogP contribution is 2.48. The zero-order chi connectivity index (χ0) is 91.7. The fraction of sp³-hybridized carbons (Fsp3) is 0. The van der Waals surface area contributed by atoms with Crippen molar-refractivity contribution in [3.05, 3.63) is 497 Å². The number of fused-ring (bicyclic) bond motifs is 24. The van der Waals surface area contributed by atoms with Crippen molar-refractivity contribution in [2.75, 3.05) is 0 Å². The van der Waals surface area contributed by atoms with Crippen molar-refractivity contribution in [1.29, 1.82) is 0 Å². The molecule has 8 aromatic heterocycles. The molecule has 0 saturated heterocycles. The minimum absolute atomic E-state index is 0.906. The number of hydrogen-bond acceptors (Lipinski definition) is 2. The highest BCUT2D eigenvalue weighted by Gasteiger charge is 2.25. The average molecular weight is 1780 g/mol. The van der Waals surface area contributed by atoms with Crippen LogP contribution in [-0.4, -0.2) is 27.4 Å². The molecule has 0 unspecified atom stereocenters. The summed E-state index contributed by atoms with van der Waals surface area (Å²) in [5.74, 6) is 0. The van der Waals surface area contributed by atoms with Crippen LogP contribution in [-0.2, 0) is 0 Å². The number of hydrogen-bond donors (Lipinski definition) is 0. The molecule has 30 aromatic rings. The third kappa shape index (κ3) is 12.4. The van der Waals surface area contributed by atoms with E-state index in [1.165, 1.54) is 153 Å². The molecular weight excluding hydrogens is 1700 g/mol. The molecule has 0 saturated carbocycles. The summed E-state index contributed by atoms with van der Waals surface area (Å²) in [7, 11) is 0. The lowest BCUT2D eigenvalue weighted by Gasteiger charge is -2.11. The van der Waals surface area contributed by atoms with Crippen LogP contribution in [0, 0.1) is 0 Å². The summed E-state index contributed by atoms with van der Waals surface area (Å²) in [6, 6.07) is 181. The van der Waals surface area contributed by atoms with Gasteiger partial charge in [-0.15, -0.1) is 0 Å². The molecule has 8 nitrogen and oxygen atoms in total. The Morgan fingerprint density at radius 2 is 0.321 bits per heavy atom. The van der Waals surface area contributed by atoms with Crippen LogP contribution in [0.25, 0.3) is 276 Å². The van der Waals surface area contributed by atoms with Crippen LogP contribution in [0.3, 0.4) is 0 Å². The first-order valence-electron chi connectivity index (χ1n) is 48.0. The van der Waals surface area contributed by atoms with Crippen LogP contribution in [0.15, 0.2) is 506 Å². The summed E-state index contributed by atoms with van der Waals surface area (Å²) in [5.41, 5.74) is 38.8. The smallest absolute Gasteiger partial charge is 0.143 e. The second-order valence-electron chi connectivity index (χ2n) is 37.0. The van der Waals surface area contributed by atoms with E-state index in [9.17, 15) is 0 Å². The fourth-order valence-electron chi connectivity index (χ4n) is 22.8. The molecule has 0 N–H and O–H groups in total. The van der Waals surface area contributed by atoms with Gasteiger partial charge in [-0.2, -0.15) is 0 Å². The summed E-state index contributed by atoms with van der Waals surface area (Å²) in [6.45, 7) is 0. The Balaban J connectivity index is 0.000000134. The number of para-hydroxylation sites is 11. The highest BCUT2D eigenvalue weighted by molar-refractivity contribution is 6.19. The standard InChI is InChI=1S/2C66H41N3O/c1-3-14-47(15-4-1)67-59-23-10-7-18-51(59)55-38-43(28-34-61(55)67)45-30-36-63-57(40-45)58-41-46(44-29-35-62-56(39-44)52-19-8-11-24-60(52)68(62)48-16-5-2-6-17-48)31-37-64(58)69(63)49-32-26-42(27-33-49)50-21-13-22-54-53-20-9-12-25-65(53)70-66(50)54;1-3-13-48(14-4-1)67-59-20-10-7-17-51(59)54-37-44(25-32-61(54)67)46-27-34-63-56(39-46)57-40-47(45-26-33-62-55(38-45)52-18-8-11-21-60(52)68(62)49-15-5-2-6-16-49)28-35-64(57)69(63)50-30-23-42(24-31-50)43-29-36-66-58(41-43)53-19-9-12-22-65(53)70-66/h2*1-41H. The van der Waals surface area contributed by atoms with Crippen molar-refractivity contribution in [2.45, 2.75) is 0 Å². The molecule has 0 aliphatic heterocycles. The molecule has 140 heavy (non-hydrogen) atoms. The molecule has 0 radical (unpaired) electrons. The van der Waals surface area contributed by atoms with E-state index >= 15 is 0 Å². The monoisotopic (exact) mass is 1780 g/mol. The predicted octanol–water partition coefficient (Wildman–Crippen LogP) is 35.8. The van der Waals surface area contributed by atoms with Crippen LogP contribution in [0.2, 0.25) is 0 Å². The van der Waals surface area contributed by atoms with E-state index in [0.29, 0.717) is 0 Å². The van der Waals surface area contributed by atoms with Gasteiger partial charge >= 0.3 is 0 Å². The van der Waals surface area contributed by atoms with Gasteiger partial charge in [-0.1, -0.05) is 279 Å². The van der Waals surface area contributed by atoms with Gasteiger partial charge in [0, 0.05) is 126 Å². The van der Waals surface area contributed by atoms with Crippen LogP contribution < -0.4 is 0 Å². The molecule has 0 bridgehead atoms. The Labute approximate surface area is 803 Å². The maximum absolute atomic E-state index is 6.48. The number of benzene rings is 22. The maximum atomic E-state index is 6.48. The lowest BCUT2D eigenvalue weighted by Crippen LogP contribution is -1.94. The van der Waals surface area contributed by atoms with Gasteiger partial charge in [0.25, 0.3) is 0 Å². The molecule has 0 fully saturated rings. The molecule has 0 aliphatic carbocycles. The Bertz CT molecular complexity index is 9870. The van der Waals surface area contributed by atoms with Crippen LogP contribution in [0.1, 0.15) is 0 Å². The lowest BCUT2D eigenvalue weighted by molar-refractivity contribution is 0.669. The lowest BCUT2D eigenvalue weighted by atomic mass is 9.98. The number of rotatable bonds is 12. The molecule has 0 spiro atoms. The average Bonchev–Trinajstić information content (AvgIpc) is 1.59. The van der Waals surface area contributed by atoms with Gasteiger partial charge in [0.15, 0.2) is 0 Å². The zero-order valence-corrected chi connectivity index (χ0v) is 75.8. The van der Waals surface area contributed by atoms with Gasteiger partial charge < -0.3 is 36.2 Å². The van der Waals surface area contributed by atoms with Gasteiger partial charge in [0.1, 0.15) is 22.3 Å². The zero-order valence-electron chi connectivity index (χ0n) is 75.8. The summed E-state index contributed by atoms with van der Waals surface area (Å²) in [4.78, 5) is 0. The van der Waals surface area contributed by atoms with E-state index in [-0.39, 0.29) is 0 Å². The minimum Gasteiger partial charge on any atom is -0.456 e. The third-order valence-corrected chi connectivity index (χ3v) is 29.3. The van der Waals surface area contributed by atoms with Crippen LogP contribution in [0.5, 0.6) is 0 Å². The second-order valence-corrected chi connectivity index (χ2v) is 37.0. The molecule has 8 heterocycles. The molecule has 30 rings (SSSR count). The predicted molar refractivity (Wildman–Crippen MR) is 586 cm³/mol. The first-order chi connectivity index (χ1) is 69.4. The van der Waals surface area contributed by atoms with Crippen molar-refractivity contribution in [1.82, 2.24) is 27.4 Å². The third-order valence-electron chi connectivity index (χ3n) is 29.3. The number of furan rings is 2. The Morgan fingerprint density at radius 1 is 0.114 bits per heavy atom. The highest BCUT2D eigenvalue weighted by atomic mass is 16.3. The van der Waals surface area contributed by atoms with Crippen LogP contribution in [0.4, 0.5) is 0 Å². The van der Waals surface area contributed by atoms with Gasteiger partial charge in [0.05, 0.1) is 66.2 Å². The van der Waals surface area contributed by atoms with Gasteiger partial charge in [-0.05, 0) is 280 Å². The topological polar surface area (TPSA) is 55.9 Å². The van der Waals surface area contributed by atoms with Gasteiger partial charge in [-0.3, -0.25) is 0 Å². The molecule has 8 heteroatoms. The fourth-order valence-corrected chi connectivity index (χ4v) is 22.8. The number of nitrogens with zero attached hydrogens (tertiary/aromatic N) is 6.